The Balaban J connectivity index is 0.00000220. The Kier molecular flexibility index (Phi) is 5.93. The Morgan fingerprint density at radius 1 is 1.24 bits per heavy atom. The van der Waals surface area contributed by atoms with Crippen molar-refractivity contribution in [2.24, 2.45) is 11.1 Å². The van der Waals surface area contributed by atoms with Gasteiger partial charge in [-0.3, -0.25) is 9.59 Å². The zero-order valence-electron chi connectivity index (χ0n) is 12.6. The molecule has 116 valence electrons. The van der Waals surface area contributed by atoms with E-state index >= 15 is 0 Å². The van der Waals surface area contributed by atoms with Gasteiger partial charge in [-0.05, 0) is 30.5 Å². The van der Waals surface area contributed by atoms with Crippen LogP contribution in [0.25, 0.3) is 0 Å². The predicted molar refractivity (Wildman–Crippen MR) is 86.0 cm³/mol. The molecule has 0 radical (unpaired) electrons. The van der Waals surface area contributed by atoms with Crippen molar-refractivity contribution in [2.75, 3.05) is 19.6 Å². The lowest BCUT2D eigenvalue weighted by Gasteiger charge is -2.22. The van der Waals surface area contributed by atoms with Gasteiger partial charge in [0.15, 0.2) is 5.78 Å². The third-order valence-corrected chi connectivity index (χ3v) is 4.11. The summed E-state index contributed by atoms with van der Waals surface area (Å²) in [7, 11) is 0. The molecule has 0 spiro atoms. The van der Waals surface area contributed by atoms with Crippen molar-refractivity contribution < 1.29 is 9.59 Å². The molecule has 2 N–H and O–H groups in total. The number of hydrogen-bond donors (Lipinski definition) is 1. The van der Waals surface area contributed by atoms with Gasteiger partial charge in [-0.25, -0.2) is 0 Å². The summed E-state index contributed by atoms with van der Waals surface area (Å²) in [6.07, 6.45) is 1.43. The summed E-state index contributed by atoms with van der Waals surface area (Å²) in [4.78, 5) is 25.8. The van der Waals surface area contributed by atoms with E-state index in [1.807, 2.05) is 11.8 Å². The number of amides is 1. The van der Waals surface area contributed by atoms with Crippen LogP contribution in [0.3, 0.4) is 0 Å². The maximum atomic E-state index is 12.4. The highest BCUT2D eigenvalue weighted by molar-refractivity contribution is 5.98. The van der Waals surface area contributed by atoms with Crippen LogP contribution < -0.4 is 5.73 Å². The lowest BCUT2D eigenvalue weighted by Crippen LogP contribution is -2.34. The number of nitrogens with zero attached hydrogens (tertiary/aromatic N) is 1. The van der Waals surface area contributed by atoms with Gasteiger partial charge >= 0.3 is 0 Å². The van der Waals surface area contributed by atoms with Crippen molar-refractivity contribution in [3.63, 3.8) is 0 Å². The van der Waals surface area contributed by atoms with E-state index in [4.69, 9.17) is 5.73 Å². The monoisotopic (exact) mass is 310 g/mol. The molecule has 1 aliphatic rings. The molecule has 1 unspecified atom stereocenters. The number of hydrogen-bond acceptors (Lipinski definition) is 3. The van der Waals surface area contributed by atoms with E-state index in [2.05, 4.69) is 6.92 Å². The molecule has 1 amide bonds. The van der Waals surface area contributed by atoms with E-state index in [1.165, 1.54) is 0 Å². The van der Waals surface area contributed by atoms with Gasteiger partial charge in [0.1, 0.15) is 0 Å². The van der Waals surface area contributed by atoms with Crippen molar-refractivity contribution in [1.82, 2.24) is 4.90 Å². The summed E-state index contributed by atoms with van der Waals surface area (Å²) < 4.78 is 0. The third kappa shape index (κ3) is 3.83. The highest BCUT2D eigenvalue weighted by Gasteiger charge is 2.35. The number of halogens is 1. The molecule has 0 aromatic heterocycles. The van der Waals surface area contributed by atoms with Crippen molar-refractivity contribution >= 4 is 24.1 Å². The van der Waals surface area contributed by atoms with Crippen molar-refractivity contribution in [1.29, 1.82) is 0 Å². The second kappa shape index (κ2) is 7.05. The molecule has 21 heavy (non-hydrogen) atoms. The standard InChI is InChI=1S/C16H22N2O2.ClH/c1-3-14(19)12-4-6-13(7-5-12)15(20)18-9-8-16(2,10-17)11-18;/h4-7H,3,8-11,17H2,1-2H3;1H. The van der Waals surface area contributed by atoms with E-state index in [9.17, 15) is 9.59 Å². The van der Waals surface area contributed by atoms with Crippen LogP contribution in [0.1, 0.15) is 47.4 Å². The highest BCUT2D eigenvalue weighted by Crippen LogP contribution is 2.29. The van der Waals surface area contributed by atoms with Crippen LogP contribution in [0.15, 0.2) is 24.3 Å². The summed E-state index contributed by atoms with van der Waals surface area (Å²) in [5, 5.41) is 0. The minimum atomic E-state index is 0. The molecule has 1 aliphatic heterocycles. The summed E-state index contributed by atoms with van der Waals surface area (Å²) in [6, 6.07) is 6.95. The van der Waals surface area contributed by atoms with Crippen molar-refractivity contribution in [3.05, 3.63) is 35.4 Å². The molecule has 0 saturated carbocycles. The summed E-state index contributed by atoms with van der Waals surface area (Å²) in [5.41, 5.74) is 7.10. The molecule has 1 aromatic rings. The van der Waals surface area contributed by atoms with Crippen LogP contribution in [0, 0.1) is 5.41 Å². The Hall–Kier alpha value is -1.39. The summed E-state index contributed by atoms with van der Waals surface area (Å²) >= 11 is 0. The number of Topliss-reactive ketones (excluding diaryl/α,β-unsaturated/α-hetero) is 1. The van der Waals surface area contributed by atoms with E-state index in [0.29, 0.717) is 30.6 Å². The molecule has 1 aromatic carbocycles. The first kappa shape index (κ1) is 17.7. The fourth-order valence-corrected chi connectivity index (χ4v) is 2.55. The number of likely N-dealkylation sites (tertiary alicyclic amines) is 1. The number of rotatable bonds is 4. The number of carbonyl (C=O) groups is 2. The Morgan fingerprint density at radius 3 is 2.29 bits per heavy atom. The molecule has 1 atom stereocenters. The second-order valence-corrected chi connectivity index (χ2v) is 5.85. The zero-order chi connectivity index (χ0) is 14.8. The van der Waals surface area contributed by atoms with Gasteiger partial charge in [0.25, 0.3) is 5.91 Å². The number of ketones is 1. The van der Waals surface area contributed by atoms with Gasteiger partial charge < -0.3 is 10.6 Å². The smallest absolute Gasteiger partial charge is 0.253 e. The molecule has 1 heterocycles. The van der Waals surface area contributed by atoms with Gasteiger partial charge in [0.05, 0.1) is 0 Å². The normalized spacial score (nSPS) is 21.0. The Labute approximate surface area is 132 Å². The van der Waals surface area contributed by atoms with Gasteiger partial charge in [0, 0.05) is 30.6 Å². The van der Waals surface area contributed by atoms with Gasteiger partial charge in [0.2, 0.25) is 0 Å². The largest absolute Gasteiger partial charge is 0.338 e. The number of nitrogens with two attached hydrogens (primary N) is 1. The van der Waals surface area contributed by atoms with E-state index < -0.39 is 0 Å². The number of carbonyl (C=O) groups excluding carboxylic acids is 2. The van der Waals surface area contributed by atoms with Crippen LogP contribution >= 0.6 is 12.4 Å². The predicted octanol–water partition coefficient (Wildman–Crippen LogP) is 2.51. The maximum Gasteiger partial charge on any atom is 0.253 e. The highest BCUT2D eigenvalue weighted by atomic mass is 35.5. The molecule has 1 saturated heterocycles. The molecule has 1 fully saturated rings. The first-order chi connectivity index (χ1) is 9.49. The van der Waals surface area contributed by atoms with Gasteiger partial charge in [-0.2, -0.15) is 0 Å². The van der Waals surface area contributed by atoms with Crippen LogP contribution in [0.4, 0.5) is 0 Å². The molecule has 4 nitrogen and oxygen atoms in total. The van der Waals surface area contributed by atoms with Gasteiger partial charge in [-0.15, -0.1) is 12.4 Å². The number of benzene rings is 1. The lowest BCUT2D eigenvalue weighted by atomic mass is 9.90. The molecular formula is C16H23ClN2O2. The van der Waals surface area contributed by atoms with Crippen LogP contribution in [-0.2, 0) is 0 Å². The fraction of sp³-hybridized carbons (Fsp3) is 0.500. The molecule has 0 aliphatic carbocycles. The second-order valence-electron chi connectivity index (χ2n) is 5.85. The van der Waals surface area contributed by atoms with Crippen LogP contribution in [0.5, 0.6) is 0 Å². The fourth-order valence-electron chi connectivity index (χ4n) is 2.55. The molecular weight excluding hydrogens is 288 g/mol. The summed E-state index contributed by atoms with van der Waals surface area (Å²) in [6.45, 7) is 6.00. The minimum absolute atomic E-state index is 0. The van der Waals surface area contributed by atoms with Crippen LogP contribution in [-0.4, -0.2) is 36.2 Å². The Morgan fingerprint density at radius 2 is 1.81 bits per heavy atom. The van der Waals surface area contributed by atoms with Crippen molar-refractivity contribution in [3.8, 4) is 0 Å². The van der Waals surface area contributed by atoms with E-state index in [-0.39, 0.29) is 29.5 Å². The Bertz CT molecular complexity index is 516. The maximum absolute atomic E-state index is 12.4. The first-order valence-corrected chi connectivity index (χ1v) is 7.12. The minimum Gasteiger partial charge on any atom is -0.338 e. The zero-order valence-corrected chi connectivity index (χ0v) is 13.4. The van der Waals surface area contributed by atoms with E-state index in [1.54, 1.807) is 24.3 Å². The van der Waals surface area contributed by atoms with Crippen molar-refractivity contribution in [2.45, 2.75) is 26.7 Å². The lowest BCUT2D eigenvalue weighted by molar-refractivity contribution is 0.0776. The topological polar surface area (TPSA) is 63.4 Å². The third-order valence-electron chi connectivity index (χ3n) is 4.11. The average molecular weight is 311 g/mol. The molecule has 0 bridgehead atoms. The van der Waals surface area contributed by atoms with Crippen LogP contribution in [0.2, 0.25) is 0 Å². The molecule has 2 rings (SSSR count). The first-order valence-electron chi connectivity index (χ1n) is 7.12. The summed E-state index contributed by atoms with van der Waals surface area (Å²) in [5.74, 6) is 0.124. The van der Waals surface area contributed by atoms with Gasteiger partial charge in [-0.1, -0.05) is 26.0 Å². The average Bonchev–Trinajstić information content (AvgIpc) is 2.89. The molecule has 5 heteroatoms. The van der Waals surface area contributed by atoms with E-state index in [0.717, 1.165) is 13.0 Å². The quantitative estimate of drug-likeness (QED) is 0.869. The SMILES string of the molecule is CCC(=O)c1ccc(C(=O)N2CCC(C)(CN)C2)cc1.Cl.